The maximum Gasteiger partial charge on any atom is 0.250 e. The zero-order valence-corrected chi connectivity index (χ0v) is 21.6. The fourth-order valence-electron chi connectivity index (χ4n) is 6.63. The SMILES string of the molecule is CCc1ccc2c(c1)[C@@]1(N[C@@H](Cc3ccc(O)c(O)c3)[C@H]3C(=O)N(Cc4ccc5c(c4)OCO5)C(=O)[C@@H]31)C(=O)N2. The number of carbonyl (C=O) groups is 3. The predicted molar refractivity (Wildman–Crippen MR) is 142 cm³/mol. The van der Waals surface area contributed by atoms with Gasteiger partial charge in [-0.1, -0.05) is 31.2 Å². The number of carbonyl (C=O) groups excluding carboxylic acids is 3. The summed E-state index contributed by atoms with van der Waals surface area (Å²) in [5.74, 6) is -2.31. The number of anilines is 1. The summed E-state index contributed by atoms with van der Waals surface area (Å²) in [4.78, 5) is 43.2. The molecule has 4 aliphatic heterocycles. The minimum Gasteiger partial charge on any atom is -0.504 e. The standard InChI is InChI=1S/C30H27N3O7/c1-2-15-3-6-19-18(9-15)30(29(38)31-19)26-25(20(32-30)10-16-4-7-21(34)22(35)11-16)27(36)33(28(26)37)13-17-5-8-23-24(12-17)40-14-39-23/h3-9,11-12,20,25-26,32,34-35H,2,10,13-14H2,1H3,(H,31,38)/t20-,25+,26+,30-/m0/s1. The molecule has 0 radical (unpaired) electrons. The molecule has 1 spiro atoms. The number of fused-ring (bicyclic) bond motifs is 5. The highest BCUT2D eigenvalue weighted by atomic mass is 16.7. The van der Waals surface area contributed by atoms with E-state index in [2.05, 4.69) is 10.6 Å². The Balaban J connectivity index is 1.31. The summed E-state index contributed by atoms with van der Waals surface area (Å²) in [6, 6.07) is 14.9. The van der Waals surface area contributed by atoms with Crippen LogP contribution in [-0.4, -0.2) is 45.7 Å². The molecule has 0 aliphatic carbocycles. The summed E-state index contributed by atoms with van der Waals surface area (Å²) in [5, 5.41) is 26.2. The van der Waals surface area contributed by atoms with Gasteiger partial charge in [0.1, 0.15) is 5.54 Å². The molecule has 0 saturated carbocycles. The van der Waals surface area contributed by atoms with E-state index in [0.29, 0.717) is 33.9 Å². The Labute approximate surface area is 229 Å². The number of ether oxygens (including phenoxy) is 2. The molecule has 40 heavy (non-hydrogen) atoms. The van der Waals surface area contributed by atoms with Gasteiger partial charge in [-0.15, -0.1) is 0 Å². The number of nitrogens with one attached hydrogen (secondary N) is 2. The fourth-order valence-corrected chi connectivity index (χ4v) is 6.63. The Morgan fingerprint density at radius 1 is 0.900 bits per heavy atom. The van der Waals surface area contributed by atoms with Gasteiger partial charge in [-0.25, -0.2) is 0 Å². The van der Waals surface area contributed by atoms with Gasteiger partial charge in [0, 0.05) is 17.3 Å². The molecule has 2 fully saturated rings. The van der Waals surface area contributed by atoms with Crippen LogP contribution in [0.25, 0.3) is 0 Å². The number of hydrogen-bond donors (Lipinski definition) is 4. The van der Waals surface area contributed by atoms with Crippen molar-refractivity contribution in [3.63, 3.8) is 0 Å². The van der Waals surface area contributed by atoms with Crippen molar-refractivity contribution in [1.29, 1.82) is 0 Å². The van der Waals surface area contributed by atoms with Gasteiger partial charge in [0.05, 0.1) is 18.4 Å². The number of phenols is 2. The lowest BCUT2D eigenvalue weighted by atomic mass is 9.76. The molecule has 0 aromatic heterocycles. The third-order valence-electron chi connectivity index (χ3n) is 8.55. The van der Waals surface area contributed by atoms with E-state index in [4.69, 9.17) is 9.47 Å². The second-order valence-corrected chi connectivity index (χ2v) is 10.7. The van der Waals surface area contributed by atoms with Gasteiger partial charge in [-0.3, -0.25) is 24.6 Å². The van der Waals surface area contributed by atoms with E-state index in [1.165, 1.54) is 17.0 Å². The summed E-state index contributed by atoms with van der Waals surface area (Å²) in [6.45, 7) is 2.16. The number of likely N-dealkylation sites (tertiary alicyclic amines) is 1. The molecule has 4 heterocycles. The summed E-state index contributed by atoms with van der Waals surface area (Å²) in [6.07, 6.45) is 0.995. The zero-order chi connectivity index (χ0) is 27.8. The number of imide groups is 1. The van der Waals surface area contributed by atoms with E-state index in [9.17, 15) is 24.6 Å². The molecule has 10 heteroatoms. The van der Waals surface area contributed by atoms with Crippen molar-refractivity contribution >= 4 is 23.4 Å². The van der Waals surface area contributed by atoms with Gasteiger partial charge in [-0.2, -0.15) is 0 Å². The second-order valence-electron chi connectivity index (χ2n) is 10.7. The van der Waals surface area contributed by atoms with Crippen molar-refractivity contribution in [1.82, 2.24) is 10.2 Å². The van der Waals surface area contributed by atoms with Crippen molar-refractivity contribution in [3.05, 3.63) is 76.9 Å². The van der Waals surface area contributed by atoms with Crippen LogP contribution in [0.4, 0.5) is 5.69 Å². The molecule has 0 unspecified atom stereocenters. The van der Waals surface area contributed by atoms with Crippen LogP contribution in [0.15, 0.2) is 54.6 Å². The van der Waals surface area contributed by atoms with Gasteiger partial charge < -0.3 is 25.0 Å². The van der Waals surface area contributed by atoms with Crippen LogP contribution in [-0.2, 0) is 39.3 Å². The first-order valence-electron chi connectivity index (χ1n) is 13.3. The molecule has 4 aliphatic rings. The van der Waals surface area contributed by atoms with E-state index in [1.54, 1.807) is 24.3 Å². The third-order valence-corrected chi connectivity index (χ3v) is 8.55. The Morgan fingerprint density at radius 3 is 2.48 bits per heavy atom. The van der Waals surface area contributed by atoms with Crippen LogP contribution in [0, 0.1) is 11.8 Å². The average Bonchev–Trinajstić information content (AvgIpc) is 3.67. The minimum absolute atomic E-state index is 0.0353. The summed E-state index contributed by atoms with van der Waals surface area (Å²) in [7, 11) is 0. The van der Waals surface area contributed by atoms with Crippen LogP contribution in [0.2, 0.25) is 0 Å². The number of phenolic OH excluding ortho intramolecular Hbond substituents is 2. The summed E-state index contributed by atoms with van der Waals surface area (Å²) in [5.41, 5.74) is 2.22. The largest absolute Gasteiger partial charge is 0.504 e. The van der Waals surface area contributed by atoms with Crippen LogP contribution >= 0.6 is 0 Å². The van der Waals surface area contributed by atoms with Gasteiger partial charge in [0.2, 0.25) is 24.5 Å². The molecule has 10 nitrogen and oxygen atoms in total. The van der Waals surface area contributed by atoms with E-state index in [1.807, 2.05) is 25.1 Å². The maximum atomic E-state index is 14.2. The van der Waals surface area contributed by atoms with Crippen LogP contribution in [0.3, 0.4) is 0 Å². The maximum absolute atomic E-state index is 14.2. The highest BCUT2D eigenvalue weighted by molar-refractivity contribution is 6.15. The Morgan fingerprint density at radius 2 is 1.68 bits per heavy atom. The van der Waals surface area contributed by atoms with E-state index in [-0.39, 0.29) is 43.1 Å². The molecule has 0 bridgehead atoms. The van der Waals surface area contributed by atoms with Crippen molar-refractivity contribution in [3.8, 4) is 23.0 Å². The number of aromatic hydroxyl groups is 2. The molecule has 7 rings (SSSR count). The van der Waals surface area contributed by atoms with E-state index < -0.39 is 29.3 Å². The van der Waals surface area contributed by atoms with E-state index in [0.717, 1.165) is 12.0 Å². The normalized spacial score (nSPS) is 26.0. The van der Waals surface area contributed by atoms with Gasteiger partial charge in [-0.05, 0) is 59.9 Å². The number of nitrogens with zero attached hydrogens (tertiary/aromatic N) is 1. The fraction of sp³-hybridized carbons (Fsp3) is 0.300. The van der Waals surface area contributed by atoms with Crippen LogP contribution in [0.1, 0.15) is 29.2 Å². The molecule has 4 atom stereocenters. The summed E-state index contributed by atoms with van der Waals surface area (Å²) < 4.78 is 10.9. The minimum atomic E-state index is -1.43. The monoisotopic (exact) mass is 541 g/mol. The third kappa shape index (κ3) is 3.42. The lowest BCUT2D eigenvalue weighted by Crippen LogP contribution is -2.53. The van der Waals surface area contributed by atoms with Crippen LogP contribution in [0.5, 0.6) is 23.0 Å². The predicted octanol–water partition coefficient (Wildman–Crippen LogP) is 2.55. The second kappa shape index (κ2) is 8.72. The van der Waals surface area contributed by atoms with Crippen LogP contribution < -0.4 is 20.1 Å². The van der Waals surface area contributed by atoms with Gasteiger partial charge in [0.25, 0.3) is 0 Å². The first-order chi connectivity index (χ1) is 19.3. The first-order valence-corrected chi connectivity index (χ1v) is 13.3. The quantitative estimate of drug-likeness (QED) is 0.286. The smallest absolute Gasteiger partial charge is 0.250 e. The van der Waals surface area contributed by atoms with Crippen molar-refractivity contribution in [2.24, 2.45) is 11.8 Å². The highest BCUT2D eigenvalue weighted by Gasteiger charge is 2.70. The molecule has 204 valence electrons. The lowest BCUT2D eigenvalue weighted by Gasteiger charge is -2.30. The van der Waals surface area contributed by atoms with Crippen molar-refractivity contribution in [2.75, 3.05) is 12.1 Å². The summed E-state index contributed by atoms with van der Waals surface area (Å²) >= 11 is 0. The molecule has 3 amide bonds. The zero-order valence-electron chi connectivity index (χ0n) is 21.6. The molecule has 2 saturated heterocycles. The van der Waals surface area contributed by atoms with Gasteiger partial charge >= 0.3 is 0 Å². The number of aryl methyl sites for hydroxylation is 1. The van der Waals surface area contributed by atoms with Crippen molar-refractivity contribution in [2.45, 2.75) is 37.9 Å². The number of hydrogen-bond acceptors (Lipinski definition) is 8. The highest BCUT2D eigenvalue weighted by Crippen LogP contribution is 2.54. The Hall–Kier alpha value is -4.57. The van der Waals surface area contributed by atoms with E-state index >= 15 is 0 Å². The molecule has 3 aromatic rings. The number of amides is 3. The topological polar surface area (TPSA) is 137 Å². The molecule has 4 N–H and O–H groups in total. The lowest BCUT2D eigenvalue weighted by molar-refractivity contribution is -0.143. The Bertz CT molecular complexity index is 1600. The average molecular weight is 542 g/mol. The molecular formula is C30H27N3O7. The Kier molecular flexibility index (Phi) is 5.33. The number of benzene rings is 3. The van der Waals surface area contributed by atoms with Crippen molar-refractivity contribution < 1.29 is 34.1 Å². The molecular weight excluding hydrogens is 514 g/mol. The molecule has 3 aromatic carbocycles. The number of rotatable bonds is 5. The van der Waals surface area contributed by atoms with Gasteiger partial charge in [0.15, 0.2) is 23.0 Å². The first kappa shape index (κ1) is 24.5.